The van der Waals surface area contributed by atoms with E-state index in [2.05, 4.69) is 63.8 Å². The Morgan fingerprint density at radius 3 is 2.60 bits per heavy atom. The molecule has 1 atom stereocenters. The van der Waals surface area contributed by atoms with E-state index in [-0.39, 0.29) is 5.91 Å². The number of fused-ring (bicyclic) bond motifs is 1. The number of hydrogen-bond donors (Lipinski definition) is 2. The zero-order chi connectivity index (χ0) is 20.9. The van der Waals surface area contributed by atoms with Crippen molar-refractivity contribution >= 4 is 23.2 Å². The number of carbonyl (C=O) groups is 1. The molecule has 2 aromatic carbocycles. The molecule has 6 heteroatoms. The summed E-state index contributed by atoms with van der Waals surface area (Å²) in [4.78, 5) is 20.6. The first-order valence-corrected chi connectivity index (χ1v) is 10.8. The first kappa shape index (κ1) is 20.3. The van der Waals surface area contributed by atoms with Gasteiger partial charge in [0, 0.05) is 57.1 Å². The molecule has 1 unspecified atom stereocenters. The number of para-hydroxylation sites is 1. The molecule has 0 spiro atoms. The fraction of sp³-hybridized carbons (Fsp3) is 0.417. The first-order chi connectivity index (χ1) is 14.7. The Balaban J connectivity index is 1.27. The van der Waals surface area contributed by atoms with E-state index in [1.165, 1.54) is 11.3 Å². The molecule has 0 aromatic heterocycles. The van der Waals surface area contributed by atoms with Crippen LogP contribution in [0.4, 0.5) is 11.4 Å². The second-order valence-electron chi connectivity index (χ2n) is 8.04. The molecule has 0 radical (unpaired) electrons. The molecule has 0 bridgehead atoms. The van der Waals surface area contributed by atoms with Crippen molar-refractivity contribution in [1.82, 2.24) is 10.6 Å². The van der Waals surface area contributed by atoms with Crippen molar-refractivity contribution in [3.05, 3.63) is 59.7 Å². The second kappa shape index (κ2) is 9.20. The van der Waals surface area contributed by atoms with Gasteiger partial charge in [-0.05, 0) is 49.1 Å². The Bertz CT molecular complexity index is 908. The topological polar surface area (TPSA) is 60.0 Å². The van der Waals surface area contributed by atoms with Gasteiger partial charge in [0.25, 0.3) is 0 Å². The molecule has 0 saturated carbocycles. The average molecular weight is 406 g/mol. The number of hydrogen-bond acceptors (Lipinski definition) is 3. The SMILES string of the molecule is CN=C(NCc1ccc(N2CCCC2=O)cc1)NCC(C)N1CCc2ccccc21. The zero-order valence-corrected chi connectivity index (χ0v) is 17.9. The lowest BCUT2D eigenvalue weighted by Gasteiger charge is -2.28. The van der Waals surface area contributed by atoms with E-state index >= 15 is 0 Å². The van der Waals surface area contributed by atoms with E-state index in [4.69, 9.17) is 0 Å². The third-order valence-electron chi connectivity index (χ3n) is 6.03. The van der Waals surface area contributed by atoms with Gasteiger partial charge in [-0.1, -0.05) is 30.3 Å². The van der Waals surface area contributed by atoms with Crippen molar-refractivity contribution in [2.45, 2.75) is 38.8 Å². The zero-order valence-electron chi connectivity index (χ0n) is 17.9. The third-order valence-corrected chi connectivity index (χ3v) is 6.03. The Morgan fingerprint density at radius 2 is 1.87 bits per heavy atom. The fourth-order valence-electron chi connectivity index (χ4n) is 4.30. The van der Waals surface area contributed by atoms with Gasteiger partial charge in [-0.25, -0.2) is 0 Å². The smallest absolute Gasteiger partial charge is 0.227 e. The van der Waals surface area contributed by atoms with E-state index in [0.717, 1.165) is 49.7 Å². The van der Waals surface area contributed by atoms with Crippen molar-refractivity contribution < 1.29 is 4.79 Å². The van der Waals surface area contributed by atoms with Crippen molar-refractivity contribution in [2.75, 3.05) is 36.5 Å². The molecule has 30 heavy (non-hydrogen) atoms. The van der Waals surface area contributed by atoms with Crippen molar-refractivity contribution in [2.24, 2.45) is 4.99 Å². The van der Waals surface area contributed by atoms with Gasteiger partial charge < -0.3 is 20.4 Å². The van der Waals surface area contributed by atoms with Crippen molar-refractivity contribution in [3.63, 3.8) is 0 Å². The molecule has 2 aliphatic heterocycles. The minimum Gasteiger partial charge on any atom is -0.366 e. The van der Waals surface area contributed by atoms with Gasteiger partial charge in [0.1, 0.15) is 0 Å². The van der Waals surface area contributed by atoms with E-state index in [9.17, 15) is 4.79 Å². The molecule has 2 aliphatic rings. The Morgan fingerprint density at radius 1 is 1.07 bits per heavy atom. The fourth-order valence-corrected chi connectivity index (χ4v) is 4.30. The van der Waals surface area contributed by atoms with Gasteiger partial charge in [-0.3, -0.25) is 9.79 Å². The van der Waals surface area contributed by atoms with Crippen LogP contribution < -0.4 is 20.4 Å². The number of nitrogens with zero attached hydrogens (tertiary/aromatic N) is 3. The van der Waals surface area contributed by atoms with Gasteiger partial charge in [-0.15, -0.1) is 0 Å². The number of benzene rings is 2. The molecule has 1 saturated heterocycles. The highest BCUT2D eigenvalue weighted by Crippen LogP contribution is 2.28. The lowest BCUT2D eigenvalue weighted by molar-refractivity contribution is -0.117. The quantitative estimate of drug-likeness (QED) is 0.573. The third kappa shape index (κ3) is 4.42. The van der Waals surface area contributed by atoms with E-state index in [0.29, 0.717) is 19.0 Å². The van der Waals surface area contributed by atoms with Crippen LogP contribution in [0.15, 0.2) is 53.5 Å². The van der Waals surface area contributed by atoms with Crippen LogP contribution in [0.25, 0.3) is 0 Å². The minimum absolute atomic E-state index is 0.222. The minimum atomic E-state index is 0.222. The molecule has 4 rings (SSSR count). The number of anilines is 2. The average Bonchev–Trinajstić information content (AvgIpc) is 3.40. The highest BCUT2D eigenvalue weighted by molar-refractivity contribution is 5.95. The van der Waals surface area contributed by atoms with Crippen LogP contribution in [0.5, 0.6) is 0 Å². The Labute approximate surface area is 179 Å². The number of guanidine groups is 1. The van der Waals surface area contributed by atoms with Crippen LogP contribution >= 0.6 is 0 Å². The lowest BCUT2D eigenvalue weighted by Crippen LogP contribution is -2.45. The maximum absolute atomic E-state index is 11.9. The van der Waals surface area contributed by atoms with E-state index < -0.39 is 0 Å². The molecule has 2 aromatic rings. The molecule has 6 nitrogen and oxygen atoms in total. The standard InChI is InChI=1S/C24H31N5O/c1-18(28-15-13-20-6-3-4-7-22(20)28)16-26-24(25-2)27-17-19-9-11-21(12-10-19)29-14-5-8-23(29)30/h3-4,6-7,9-12,18H,5,8,13-17H2,1-2H3,(H2,25,26,27). The lowest BCUT2D eigenvalue weighted by atomic mass is 10.2. The number of aliphatic imine (C=N–C) groups is 1. The first-order valence-electron chi connectivity index (χ1n) is 10.8. The van der Waals surface area contributed by atoms with Crippen molar-refractivity contribution in [1.29, 1.82) is 0 Å². The van der Waals surface area contributed by atoms with E-state index in [1.54, 1.807) is 7.05 Å². The van der Waals surface area contributed by atoms with Crippen LogP contribution in [-0.2, 0) is 17.8 Å². The Hall–Kier alpha value is -3.02. The van der Waals surface area contributed by atoms with E-state index in [1.807, 2.05) is 17.0 Å². The number of rotatable bonds is 6. The van der Waals surface area contributed by atoms with Gasteiger partial charge in [0.05, 0.1) is 0 Å². The highest BCUT2D eigenvalue weighted by atomic mass is 16.2. The molecular formula is C24H31N5O. The summed E-state index contributed by atoms with van der Waals surface area (Å²) in [7, 11) is 1.80. The van der Waals surface area contributed by atoms with Crippen molar-refractivity contribution in [3.8, 4) is 0 Å². The molecule has 2 heterocycles. The Kier molecular flexibility index (Phi) is 6.21. The summed E-state index contributed by atoms with van der Waals surface area (Å²) in [5.41, 5.74) is 4.94. The number of amides is 1. The number of carbonyl (C=O) groups excluding carboxylic acids is 1. The molecular weight excluding hydrogens is 374 g/mol. The predicted octanol–water partition coefficient (Wildman–Crippen LogP) is 2.93. The van der Waals surface area contributed by atoms with Gasteiger partial charge in [0.2, 0.25) is 5.91 Å². The summed E-state index contributed by atoms with van der Waals surface area (Å²) in [5.74, 6) is 1.02. The summed E-state index contributed by atoms with van der Waals surface area (Å²) in [5, 5.41) is 6.84. The molecule has 1 amide bonds. The summed E-state index contributed by atoms with van der Waals surface area (Å²) in [6.45, 7) is 5.66. The maximum atomic E-state index is 11.9. The second-order valence-corrected chi connectivity index (χ2v) is 8.04. The summed E-state index contributed by atoms with van der Waals surface area (Å²) in [6, 6.07) is 17.3. The monoisotopic (exact) mass is 405 g/mol. The molecule has 2 N–H and O–H groups in total. The van der Waals surface area contributed by atoms with Gasteiger partial charge in [-0.2, -0.15) is 0 Å². The maximum Gasteiger partial charge on any atom is 0.227 e. The largest absolute Gasteiger partial charge is 0.366 e. The highest BCUT2D eigenvalue weighted by Gasteiger charge is 2.23. The normalized spacial score (nSPS) is 17.3. The summed E-state index contributed by atoms with van der Waals surface area (Å²) < 4.78 is 0. The predicted molar refractivity (Wildman–Crippen MR) is 123 cm³/mol. The molecule has 158 valence electrons. The van der Waals surface area contributed by atoms with Crippen LogP contribution in [0, 0.1) is 0 Å². The summed E-state index contributed by atoms with van der Waals surface area (Å²) in [6.07, 6.45) is 2.73. The van der Waals surface area contributed by atoms with Crippen LogP contribution in [-0.4, -0.2) is 44.6 Å². The molecule has 1 fully saturated rings. The van der Waals surface area contributed by atoms with Crippen LogP contribution in [0.3, 0.4) is 0 Å². The van der Waals surface area contributed by atoms with Crippen LogP contribution in [0.2, 0.25) is 0 Å². The number of nitrogens with one attached hydrogen (secondary N) is 2. The van der Waals surface area contributed by atoms with Gasteiger partial charge in [0.15, 0.2) is 5.96 Å². The van der Waals surface area contributed by atoms with Crippen LogP contribution in [0.1, 0.15) is 30.9 Å². The summed E-state index contributed by atoms with van der Waals surface area (Å²) >= 11 is 0. The van der Waals surface area contributed by atoms with Gasteiger partial charge >= 0.3 is 0 Å². The molecule has 0 aliphatic carbocycles.